The third-order valence-corrected chi connectivity index (χ3v) is 12.7. The Morgan fingerprint density at radius 3 is 1.41 bits per heavy atom. The molecule has 0 amide bonds. The quantitative estimate of drug-likeness (QED) is 0.180. The second-order valence-corrected chi connectivity index (χ2v) is 15.7. The summed E-state index contributed by atoms with van der Waals surface area (Å²) in [5.74, 6) is 0.832. The largest absolute Gasteiger partial charge is 0.309 e. The van der Waals surface area contributed by atoms with Crippen LogP contribution in [0.25, 0.3) is 127 Å². The van der Waals surface area contributed by atoms with Gasteiger partial charge in [0.2, 0.25) is 0 Å². The molecule has 14 rings (SSSR count). The summed E-state index contributed by atoms with van der Waals surface area (Å²) in [6, 6.07) is 68.0. The van der Waals surface area contributed by atoms with Crippen molar-refractivity contribution in [2.75, 3.05) is 0 Å². The van der Waals surface area contributed by atoms with E-state index in [9.17, 15) is 0 Å². The van der Waals surface area contributed by atoms with E-state index in [2.05, 4.69) is 190 Å². The molecule has 272 valence electrons. The predicted octanol–water partition coefficient (Wildman–Crippen LogP) is 13.7. The molecule has 13 aromatic rings. The second-order valence-electron chi connectivity index (χ2n) is 15.7. The Kier molecular flexibility index (Phi) is 5.96. The SMILES string of the molecule is c1ccc(-c2nc3ccccc3nc2-n2c3cccc4c3c3c5c(ccc6c5c5c-4cccc5n6-c4ccc(-n5c6ccccc6c6ccccc65)cc4)ccc32)cc1. The first-order chi connectivity index (χ1) is 29.3. The molecule has 0 saturated heterocycles. The fourth-order valence-corrected chi connectivity index (χ4v) is 10.4. The van der Waals surface area contributed by atoms with Gasteiger partial charge in [0, 0.05) is 54.6 Å². The van der Waals surface area contributed by atoms with E-state index in [0.29, 0.717) is 0 Å². The molecule has 1 aliphatic rings. The highest BCUT2D eigenvalue weighted by Gasteiger charge is 2.28. The fourth-order valence-electron chi connectivity index (χ4n) is 10.4. The van der Waals surface area contributed by atoms with Gasteiger partial charge >= 0.3 is 0 Å². The molecule has 0 bridgehead atoms. The second kappa shape index (κ2) is 11.3. The van der Waals surface area contributed by atoms with Crippen molar-refractivity contribution in [1.29, 1.82) is 0 Å². The van der Waals surface area contributed by atoms with Crippen LogP contribution in [0.5, 0.6) is 0 Å². The van der Waals surface area contributed by atoms with Gasteiger partial charge < -0.3 is 9.13 Å². The Balaban J connectivity index is 1.07. The third kappa shape index (κ3) is 4.03. The molecule has 0 radical (unpaired) electrons. The lowest BCUT2D eigenvalue weighted by Crippen LogP contribution is -2.03. The van der Waals surface area contributed by atoms with Crippen LogP contribution < -0.4 is 0 Å². The zero-order valence-corrected chi connectivity index (χ0v) is 31.6. The number of fused-ring (bicyclic) bond motifs is 5. The summed E-state index contributed by atoms with van der Waals surface area (Å²) in [6.07, 6.45) is 0. The molecule has 5 nitrogen and oxygen atoms in total. The molecule has 0 fully saturated rings. The van der Waals surface area contributed by atoms with E-state index in [-0.39, 0.29) is 0 Å². The Hall–Kier alpha value is -8.02. The summed E-state index contributed by atoms with van der Waals surface area (Å²) < 4.78 is 7.22. The fraction of sp³-hybridized carbons (Fsp3) is 0. The maximum Gasteiger partial charge on any atom is 0.165 e. The van der Waals surface area contributed by atoms with Crippen molar-refractivity contribution >= 4 is 87.2 Å². The van der Waals surface area contributed by atoms with Crippen molar-refractivity contribution in [1.82, 2.24) is 23.7 Å². The number of nitrogens with zero attached hydrogens (tertiary/aromatic N) is 5. The molecule has 0 N–H and O–H groups in total. The molecule has 0 saturated carbocycles. The maximum atomic E-state index is 5.42. The molecular weight excluding hydrogens is 719 g/mol. The van der Waals surface area contributed by atoms with Crippen LogP contribution in [0.2, 0.25) is 0 Å². The normalized spacial score (nSPS) is 12.4. The van der Waals surface area contributed by atoms with E-state index in [1.807, 2.05) is 12.1 Å². The lowest BCUT2D eigenvalue weighted by molar-refractivity contribution is 1.08. The summed E-state index contributed by atoms with van der Waals surface area (Å²) in [4.78, 5) is 10.7. The van der Waals surface area contributed by atoms with Gasteiger partial charge in [-0.15, -0.1) is 0 Å². The summed E-state index contributed by atoms with van der Waals surface area (Å²) in [7, 11) is 0. The van der Waals surface area contributed by atoms with Gasteiger partial charge in [0.25, 0.3) is 0 Å². The molecule has 4 heterocycles. The van der Waals surface area contributed by atoms with Crippen molar-refractivity contribution in [3.63, 3.8) is 0 Å². The average molecular weight is 750 g/mol. The minimum Gasteiger partial charge on any atom is -0.309 e. The van der Waals surface area contributed by atoms with Gasteiger partial charge in [0.15, 0.2) is 5.82 Å². The predicted molar refractivity (Wildman–Crippen MR) is 244 cm³/mol. The molecule has 0 aliphatic heterocycles. The zero-order chi connectivity index (χ0) is 38.3. The molecule has 59 heavy (non-hydrogen) atoms. The molecule has 1 aliphatic carbocycles. The van der Waals surface area contributed by atoms with Gasteiger partial charge in [-0.25, -0.2) is 9.97 Å². The average Bonchev–Trinajstić information content (AvgIpc) is 3.91. The highest BCUT2D eigenvalue weighted by molar-refractivity contribution is 6.38. The van der Waals surface area contributed by atoms with Crippen LogP contribution in [0.1, 0.15) is 0 Å². The number of rotatable bonds is 4. The maximum absolute atomic E-state index is 5.42. The third-order valence-electron chi connectivity index (χ3n) is 12.7. The van der Waals surface area contributed by atoms with Crippen molar-refractivity contribution < 1.29 is 0 Å². The monoisotopic (exact) mass is 749 g/mol. The molecular formula is C54H31N5. The van der Waals surface area contributed by atoms with Gasteiger partial charge in [-0.1, -0.05) is 115 Å². The van der Waals surface area contributed by atoms with Crippen LogP contribution in [0.15, 0.2) is 188 Å². The van der Waals surface area contributed by atoms with Crippen molar-refractivity contribution in [3.05, 3.63) is 188 Å². The van der Waals surface area contributed by atoms with Gasteiger partial charge in [-0.05, 0) is 89.3 Å². The van der Waals surface area contributed by atoms with Gasteiger partial charge in [-0.3, -0.25) is 4.57 Å². The van der Waals surface area contributed by atoms with Crippen LogP contribution in [-0.2, 0) is 0 Å². The minimum absolute atomic E-state index is 0.832. The smallest absolute Gasteiger partial charge is 0.165 e. The van der Waals surface area contributed by atoms with Crippen LogP contribution >= 0.6 is 0 Å². The molecule has 5 heteroatoms. The van der Waals surface area contributed by atoms with E-state index < -0.39 is 0 Å². The lowest BCUT2D eigenvalue weighted by atomic mass is 9.98. The standard InChI is InChI=1S/C54H31N5/c1-2-12-33(13-3-1)53-54(56-41-19-7-6-18-40(41)55-53)59-45-23-11-17-39-38-16-10-22-44-49(38)51-46(30-24-32-25-31-47(59)52(48(32)51)50(39)45)58(44)35-28-26-34(27-29-35)57-42-20-8-4-14-36(42)37-15-5-9-21-43(37)57/h1-31H. The summed E-state index contributed by atoms with van der Waals surface area (Å²) in [5, 5.41) is 10.1. The van der Waals surface area contributed by atoms with Gasteiger partial charge in [-0.2, -0.15) is 0 Å². The van der Waals surface area contributed by atoms with E-state index in [4.69, 9.17) is 9.97 Å². The van der Waals surface area contributed by atoms with E-state index in [1.54, 1.807) is 0 Å². The highest BCUT2D eigenvalue weighted by atomic mass is 15.1. The van der Waals surface area contributed by atoms with E-state index >= 15 is 0 Å². The Morgan fingerprint density at radius 2 is 0.780 bits per heavy atom. The molecule has 0 atom stereocenters. The van der Waals surface area contributed by atoms with Crippen molar-refractivity contribution in [3.8, 4) is 39.6 Å². The molecule has 4 aromatic heterocycles. The first-order valence-electron chi connectivity index (χ1n) is 20.2. The summed E-state index contributed by atoms with van der Waals surface area (Å²) >= 11 is 0. The number of hydrogen-bond acceptors (Lipinski definition) is 2. The van der Waals surface area contributed by atoms with E-state index in [1.165, 1.54) is 76.3 Å². The van der Waals surface area contributed by atoms with Crippen LogP contribution in [0.3, 0.4) is 0 Å². The highest BCUT2D eigenvalue weighted by Crippen LogP contribution is 2.51. The Morgan fingerprint density at radius 1 is 0.305 bits per heavy atom. The van der Waals surface area contributed by atoms with Crippen molar-refractivity contribution in [2.45, 2.75) is 0 Å². The number of benzene rings is 9. The van der Waals surface area contributed by atoms with Gasteiger partial charge in [0.05, 0.1) is 44.1 Å². The molecule has 9 aromatic carbocycles. The zero-order valence-electron chi connectivity index (χ0n) is 31.6. The van der Waals surface area contributed by atoms with Crippen LogP contribution in [0.4, 0.5) is 0 Å². The first kappa shape index (κ1) is 31.1. The number of aromatic nitrogens is 5. The Bertz CT molecular complexity index is 3890. The summed E-state index contributed by atoms with van der Waals surface area (Å²) in [5.41, 5.74) is 15.5. The van der Waals surface area contributed by atoms with E-state index in [0.717, 1.165) is 50.5 Å². The minimum atomic E-state index is 0.832. The molecule has 0 unspecified atom stereocenters. The summed E-state index contributed by atoms with van der Waals surface area (Å²) in [6.45, 7) is 0. The Labute approximate surface area is 337 Å². The number of para-hydroxylation sites is 4. The lowest BCUT2D eigenvalue weighted by Gasteiger charge is -2.14. The molecule has 0 spiro atoms. The van der Waals surface area contributed by atoms with Gasteiger partial charge in [0.1, 0.15) is 5.69 Å². The first-order valence-corrected chi connectivity index (χ1v) is 20.2. The topological polar surface area (TPSA) is 40.6 Å². The van der Waals surface area contributed by atoms with Crippen LogP contribution in [-0.4, -0.2) is 23.7 Å². The van der Waals surface area contributed by atoms with Crippen molar-refractivity contribution in [2.24, 2.45) is 0 Å². The number of hydrogen-bond donors (Lipinski definition) is 0. The van der Waals surface area contributed by atoms with Crippen LogP contribution in [0, 0.1) is 0 Å².